The van der Waals surface area contributed by atoms with Gasteiger partial charge in [0, 0.05) is 45.6 Å². The monoisotopic (exact) mass is 726 g/mol. The van der Waals surface area contributed by atoms with E-state index in [0.29, 0.717) is 52.1 Å². The maximum Gasteiger partial charge on any atom is 1.00 e. The summed E-state index contributed by atoms with van der Waals surface area (Å²) in [7, 11) is -7.77. The Labute approximate surface area is 331 Å². The minimum atomic E-state index is -4.66. The minimum Gasteiger partial charge on any atom is -0.744 e. The molecule has 0 saturated heterocycles. The molecule has 4 aromatic carbocycles. The number of Topliss-reactive ketones (excluding diaryl/α,β-unsaturated/α-hetero) is 4. The molecule has 0 amide bonds. The van der Waals surface area contributed by atoms with Crippen molar-refractivity contribution in [2.45, 2.75) is 17.7 Å². The van der Waals surface area contributed by atoms with Crippen LogP contribution in [0.1, 0.15) is 52.6 Å². The van der Waals surface area contributed by atoms with Crippen LogP contribution < -0.4 is 69.7 Å². The van der Waals surface area contributed by atoms with Crippen molar-refractivity contribution >= 4 is 55.2 Å². The second-order valence-electron chi connectivity index (χ2n) is 10.8. The van der Waals surface area contributed by atoms with E-state index in [2.05, 4.69) is 16.7 Å². The standard InChI is InChI=1S/C17H10NO5S.C17H11NO2.2Na.O3S/c19-16-11-4-2-1-3-9(11)7-13(16)15-17(20)12-8-10(24(21,22)23)5-6-14(12)18-15;19-16-11-6-2-1-5-10(11)9-13(16)15-17(20)12-7-3-4-8-14(12)18-15;;;1-4(2)3/h1,3-6,8,18H,7H2,(H,21,22,23);1-8,18H,9H2;;;/q-1;;2*+1;/p-1/b2*15-13-;;;. The van der Waals surface area contributed by atoms with Crippen LogP contribution in [0.25, 0.3) is 0 Å². The molecule has 0 fully saturated rings. The largest absolute Gasteiger partial charge is 1.00 e. The van der Waals surface area contributed by atoms with E-state index >= 15 is 0 Å². The van der Waals surface area contributed by atoms with Crippen molar-refractivity contribution in [3.63, 3.8) is 0 Å². The Bertz CT molecular complexity index is 2350. The summed E-state index contributed by atoms with van der Waals surface area (Å²) in [4.78, 5) is 49.4. The van der Waals surface area contributed by atoms with Crippen molar-refractivity contribution < 1.29 is 104 Å². The van der Waals surface area contributed by atoms with Gasteiger partial charge in [-0.1, -0.05) is 42.0 Å². The van der Waals surface area contributed by atoms with E-state index in [1.807, 2.05) is 42.5 Å². The number of carbonyl (C=O) groups is 4. The number of ketones is 4. The Balaban J connectivity index is 0.000000198. The Morgan fingerprint density at radius 1 is 0.620 bits per heavy atom. The van der Waals surface area contributed by atoms with Crippen LogP contribution >= 0.6 is 0 Å². The number of fused-ring (bicyclic) bond motifs is 4. The number of hydrogen-bond acceptors (Lipinski definition) is 12. The van der Waals surface area contributed by atoms with Gasteiger partial charge in [-0.3, -0.25) is 14.4 Å². The van der Waals surface area contributed by atoms with Crippen LogP contribution in [0.5, 0.6) is 0 Å². The molecule has 4 aromatic rings. The van der Waals surface area contributed by atoms with Crippen LogP contribution in [0.2, 0.25) is 0 Å². The molecule has 2 heterocycles. The Morgan fingerprint density at radius 3 is 1.68 bits per heavy atom. The number of benzene rings is 4. The van der Waals surface area contributed by atoms with Crippen molar-refractivity contribution in [1.29, 1.82) is 0 Å². The first-order valence-electron chi connectivity index (χ1n) is 14.1. The van der Waals surface area contributed by atoms with Crippen LogP contribution in [-0.4, -0.2) is 48.7 Å². The second kappa shape index (κ2) is 15.6. The average molecular weight is 727 g/mol. The van der Waals surface area contributed by atoms with Gasteiger partial charge in [-0.25, -0.2) is 8.42 Å². The van der Waals surface area contributed by atoms with E-state index < -0.39 is 31.4 Å². The molecular formula is C34H20N2Na2O10S2. The van der Waals surface area contributed by atoms with Crippen LogP contribution in [0, 0.1) is 6.07 Å². The van der Waals surface area contributed by atoms with E-state index in [1.54, 1.807) is 24.3 Å². The predicted molar refractivity (Wildman–Crippen MR) is 168 cm³/mol. The molecule has 8 rings (SSSR count). The summed E-state index contributed by atoms with van der Waals surface area (Å²) < 4.78 is 58.7. The summed E-state index contributed by atoms with van der Waals surface area (Å²) in [6, 6.07) is 26.3. The molecular weight excluding hydrogens is 706 g/mol. The van der Waals surface area contributed by atoms with Gasteiger partial charge in [0.2, 0.25) is 11.6 Å². The quantitative estimate of drug-likeness (QED) is 0.0921. The van der Waals surface area contributed by atoms with Crippen molar-refractivity contribution in [3.05, 3.63) is 147 Å². The average Bonchev–Trinajstić information content (AvgIpc) is 3.78. The molecule has 50 heavy (non-hydrogen) atoms. The number of para-hydroxylation sites is 1. The zero-order chi connectivity index (χ0) is 34.3. The summed E-state index contributed by atoms with van der Waals surface area (Å²) in [5.74, 6) is -0.862. The molecule has 2 aliphatic heterocycles. The summed E-state index contributed by atoms with van der Waals surface area (Å²) in [6.07, 6.45) is 0.842. The first-order chi connectivity index (χ1) is 22.8. The third kappa shape index (κ3) is 7.59. The van der Waals surface area contributed by atoms with Gasteiger partial charge in [-0.2, -0.15) is 24.3 Å². The molecule has 0 radical (unpaired) electrons. The molecule has 0 bridgehead atoms. The normalized spacial score (nSPS) is 17.6. The topological polar surface area (TPSA) is 201 Å². The summed E-state index contributed by atoms with van der Waals surface area (Å²) >= 11 is 0. The Morgan fingerprint density at radius 2 is 1.12 bits per heavy atom. The molecule has 240 valence electrons. The molecule has 0 unspecified atom stereocenters. The number of hydrogen-bond donors (Lipinski definition) is 2. The van der Waals surface area contributed by atoms with E-state index in [4.69, 9.17) is 12.6 Å². The molecule has 0 aromatic heterocycles. The van der Waals surface area contributed by atoms with Crippen LogP contribution in [-0.2, 0) is 33.6 Å². The van der Waals surface area contributed by atoms with Crippen LogP contribution in [0.4, 0.5) is 11.4 Å². The minimum absolute atomic E-state index is 0. The molecule has 0 spiro atoms. The molecule has 4 aliphatic rings. The fraction of sp³-hybridized carbons (Fsp3) is 0.0588. The number of allylic oxidation sites excluding steroid dienone is 4. The Hall–Kier alpha value is -3.83. The molecule has 0 atom stereocenters. The van der Waals surface area contributed by atoms with Crippen LogP contribution in [0.15, 0.2) is 112 Å². The third-order valence-electron chi connectivity index (χ3n) is 8.02. The number of anilines is 2. The van der Waals surface area contributed by atoms with Crippen molar-refractivity contribution in [1.82, 2.24) is 0 Å². The predicted octanol–water partition coefficient (Wildman–Crippen LogP) is -2.32. The van der Waals surface area contributed by atoms with Crippen molar-refractivity contribution in [2.75, 3.05) is 10.6 Å². The maximum absolute atomic E-state index is 12.6. The fourth-order valence-corrected chi connectivity index (χ4v) is 6.33. The molecule has 0 saturated carbocycles. The second-order valence-corrected chi connectivity index (χ2v) is 12.6. The van der Waals surface area contributed by atoms with Gasteiger partial charge >= 0.3 is 69.7 Å². The van der Waals surface area contributed by atoms with Gasteiger partial charge in [0.25, 0.3) is 0 Å². The summed E-state index contributed by atoms with van der Waals surface area (Å²) in [6.45, 7) is 0. The van der Waals surface area contributed by atoms with Crippen LogP contribution in [0.3, 0.4) is 0 Å². The van der Waals surface area contributed by atoms with Gasteiger partial charge in [0.15, 0.2) is 5.78 Å². The Kier molecular flexibility index (Phi) is 12.2. The zero-order valence-electron chi connectivity index (χ0n) is 26.4. The summed E-state index contributed by atoms with van der Waals surface area (Å²) in [5, 5.41) is 5.97. The summed E-state index contributed by atoms with van der Waals surface area (Å²) in [5.41, 5.74) is 6.37. The fourth-order valence-electron chi connectivity index (χ4n) is 5.84. The van der Waals surface area contributed by atoms with Gasteiger partial charge in [0.1, 0.15) is 15.9 Å². The smallest absolute Gasteiger partial charge is 0.744 e. The van der Waals surface area contributed by atoms with Gasteiger partial charge < -0.3 is 20.0 Å². The SMILES string of the molecule is O=C1/C(=C2\Nc3ccc(S(=O)(=O)[O-])cc3C2=O)Cc2cc[c-]cc21.O=C1/C(=C2\Nc3ccccc3C2=O)Cc2ccccc21.O=S(=O)=O.[Na+].[Na+]. The number of rotatable bonds is 1. The van der Waals surface area contributed by atoms with Crippen molar-refractivity contribution in [3.8, 4) is 0 Å². The van der Waals surface area contributed by atoms with Gasteiger partial charge in [-0.05, 0) is 42.3 Å². The van der Waals surface area contributed by atoms with E-state index in [1.165, 1.54) is 6.07 Å². The number of carbonyl (C=O) groups excluding carboxylic acids is 4. The van der Waals surface area contributed by atoms with Gasteiger partial charge in [-0.15, -0.1) is 18.2 Å². The van der Waals surface area contributed by atoms with E-state index in [0.717, 1.165) is 28.9 Å². The van der Waals surface area contributed by atoms with E-state index in [-0.39, 0.29) is 87.7 Å². The molecule has 2 aliphatic carbocycles. The number of nitrogens with one attached hydrogen (secondary N) is 2. The first-order valence-corrected chi connectivity index (χ1v) is 16.5. The first kappa shape index (κ1) is 39.0. The van der Waals surface area contributed by atoms with Gasteiger partial charge in [0.05, 0.1) is 16.3 Å². The maximum atomic E-state index is 12.6. The molecule has 2 N–H and O–H groups in total. The zero-order valence-corrected chi connectivity index (χ0v) is 32.0. The molecule has 16 heteroatoms. The van der Waals surface area contributed by atoms with E-state index in [9.17, 15) is 32.1 Å². The van der Waals surface area contributed by atoms with Crippen molar-refractivity contribution in [2.24, 2.45) is 0 Å². The third-order valence-corrected chi connectivity index (χ3v) is 8.85. The molecule has 12 nitrogen and oxygen atoms in total.